The summed E-state index contributed by atoms with van der Waals surface area (Å²) in [6, 6.07) is 0. The summed E-state index contributed by atoms with van der Waals surface area (Å²) in [4.78, 5) is 0. The molecule has 0 rings (SSSR count). The van der Waals surface area contributed by atoms with Gasteiger partial charge in [0.25, 0.3) is 0 Å². The summed E-state index contributed by atoms with van der Waals surface area (Å²) in [6.07, 6.45) is 21.0. The maximum atomic E-state index is 5.57. The van der Waals surface area contributed by atoms with Gasteiger partial charge in [0.05, 0.1) is 0 Å². The van der Waals surface area contributed by atoms with Crippen LogP contribution in [0.4, 0.5) is 0 Å². The Bertz CT molecular complexity index is 138. The van der Waals surface area contributed by atoms with Gasteiger partial charge in [0.1, 0.15) is 0 Å². The Morgan fingerprint density at radius 2 is 0.750 bits per heavy atom. The lowest BCUT2D eigenvalue weighted by molar-refractivity contribution is 0.127. The third kappa shape index (κ3) is 18.0. The molecule has 0 atom stereocenters. The van der Waals surface area contributed by atoms with Crippen LogP contribution in [-0.2, 0) is 4.74 Å². The van der Waals surface area contributed by atoms with Gasteiger partial charge in [-0.25, -0.2) is 0 Å². The molecule has 0 unspecified atom stereocenters. The number of unbranched alkanes of at least 4 members (excludes halogenated alkanes) is 13. The van der Waals surface area contributed by atoms with Crippen LogP contribution in [-0.4, -0.2) is 13.2 Å². The van der Waals surface area contributed by atoms with Crippen LogP contribution < -0.4 is 0 Å². The van der Waals surface area contributed by atoms with Gasteiger partial charge in [-0.1, -0.05) is 97.3 Å². The molecule has 0 heterocycles. The highest BCUT2D eigenvalue weighted by atomic mass is 16.5. The summed E-state index contributed by atoms with van der Waals surface area (Å²) >= 11 is 0. The van der Waals surface area contributed by atoms with Gasteiger partial charge in [0, 0.05) is 13.2 Å². The van der Waals surface area contributed by atoms with Crippen molar-refractivity contribution in [2.45, 2.75) is 110 Å². The van der Waals surface area contributed by atoms with E-state index in [2.05, 4.69) is 13.8 Å². The van der Waals surface area contributed by atoms with Crippen LogP contribution in [0.3, 0.4) is 0 Å². The van der Waals surface area contributed by atoms with Gasteiger partial charge in [0.15, 0.2) is 0 Å². The molecule has 122 valence electrons. The minimum absolute atomic E-state index is 0.967. The first-order valence-corrected chi connectivity index (χ1v) is 9.49. The fraction of sp³-hybridized carbons (Fsp3) is 1.00. The van der Waals surface area contributed by atoms with Gasteiger partial charge >= 0.3 is 0 Å². The first-order valence-electron chi connectivity index (χ1n) is 9.49. The highest BCUT2D eigenvalue weighted by molar-refractivity contribution is 4.49. The van der Waals surface area contributed by atoms with Gasteiger partial charge in [-0.15, -0.1) is 0 Å². The van der Waals surface area contributed by atoms with Crippen molar-refractivity contribution in [1.29, 1.82) is 0 Å². The molecule has 0 aromatic rings. The molecule has 0 amide bonds. The Morgan fingerprint density at radius 3 is 1.20 bits per heavy atom. The Hall–Kier alpha value is -0.0400. The smallest absolute Gasteiger partial charge is 0.0466 e. The molecule has 0 bridgehead atoms. The number of hydrogen-bond donors (Lipinski definition) is 0. The van der Waals surface area contributed by atoms with E-state index in [9.17, 15) is 0 Å². The third-order valence-electron chi connectivity index (χ3n) is 4.03. The van der Waals surface area contributed by atoms with Gasteiger partial charge in [0.2, 0.25) is 0 Å². The zero-order valence-electron chi connectivity index (χ0n) is 14.4. The van der Waals surface area contributed by atoms with E-state index in [1.165, 1.54) is 96.3 Å². The molecular weight excluding hydrogens is 244 g/mol. The van der Waals surface area contributed by atoms with Crippen molar-refractivity contribution in [3.8, 4) is 0 Å². The van der Waals surface area contributed by atoms with E-state index in [-0.39, 0.29) is 0 Å². The lowest BCUT2D eigenvalue weighted by Crippen LogP contribution is -1.96. The van der Waals surface area contributed by atoms with Crippen molar-refractivity contribution in [2.24, 2.45) is 0 Å². The summed E-state index contributed by atoms with van der Waals surface area (Å²) in [5, 5.41) is 0. The molecule has 0 saturated carbocycles. The zero-order valence-corrected chi connectivity index (χ0v) is 14.4. The number of rotatable bonds is 17. The Morgan fingerprint density at radius 1 is 0.400 bits per heavy atom. The monoisotopic (exact) mass is 284 g/mol. The molecule has 0 saturated heterocycles. The molecule has 0 aliphatic rings. The minimum Gasteiger partial charge on any atom is -0.381 e. The van der Waals surface area contributed by atoms with Crippen LogP contribution in [0.2, 0.25) is 0 Å². The molecule has 0 aliphatic heterocycles. The van der Waals surface area contributed by atoms with E-state index in [1.54, 1.807) is 0 Å². The quantitative estimate of drug-likeness (QED) is 0.264. The molecule has 20 heavy (non-hydrogen) atoms. The molecule has 0 aromatic carbocycles. The van der Waals surface area contributed by atoms with E-state index >= 15 is 0 Å². The van der Waals surface area contributed by atoms with Crippen LogP contribution in [0.1, 0.15) is 110 Å². The summed E-state index contributed by atoms with van der Waals surface area (Å²) in [6.45, 7) is 6.46. The predicted molar refractivity (Wildman–Crippen MR) is 91.4 cm³/mol. The van der Waals surface area contributed by atoms with Crippen molar-refractivity contribution in [3.63, 3.8) is 0 Å². The summed E-state index contributed by atoms with van der Waals surface area (Å²) in [5.41, 5.74) is 0. The van der Waals surface area contributed by atoms with Crippen molar-refractivity contribution in [1.82, 2.24) is 0 Å². The van der Waals surface area contributed by atoms with Crippen LogP contribution >= 0.6 is 0 Å². The molecule has 0 aliphatic carbocycles. The van der Waals surface area contributed by atoms with Crippen molar-refractivity contribution in [3.05, 3.63) is 0 Å². The standard InChI is InChI=1S/C19H40O/c1-3-5-7-8-9-10-11-12-13-14-15-16-17-19-20-18-6-4-2/h3-19H2,1-2H3. The normalized spacial score (nSPS) is 11.1. The maximum Gasteiger partial charge on any atom is 0.0466 e. The predicted octanol–water partition coefficient (Wildman–Crippen LogP) is 6.89. The van der Waals surface area contributed by atoms with Crippen molar-refractivity contribution in [2.75, 3.05) is 13.2 Å². The second-order valence-corrected chi connectivity index (χ2v) is 6.21. The van der Waals surface area contributed by atoms with E-state index < -0.39 is 0 Å². The van der Waals surface area contributed by atoms with E-state index in [0.29, 0.717) is 0 Å². The highest BCUT2D eigenvalue weighted by Gasteiger charge is 1.94. The van der Waals surface area contributed by atoms with E-state index in [4.69, 9.17) is 4.74 Å². The topological polar surface area (TPSA) is 9.23 Å². The maximum absolute atomic E-state index is 5.57. The second kappa shape index (κ2) is 19.0. The van der Waals surface area contributed by atoms with Crippen LogP contribution in [0.5, 0.6) is 0 Å². The number of ether oxygens (including phenoxy) is 1. The van der Waals surface area contributed by atoms with Crippen LogP contribution in [0.15, 0.2) is 0 Å². The molecule has 0 radical (unpaired) electrons. The molecule has 0 aromatic heterocycles. The lowest BCUT2D eigenvalue weighted by Gasteiger charge is -2.04. The summed E-state index contributed by atoms with van der Waals surface area (Å²) in [5.74, 6) is 0. The summed E-state index contributed by atoms with van der Waals surface area (Å²) < 4.78 is 5.57. The van der Waals surface area contributed by atoms with Gasteiger partial charge in [-0.2, -0.15) is 0 Å². The molecule has 1 heteroatoms. The Kier molecular flexibility index (Phi) is 18.9. The van der Waals surface area contributed by atoms with Gasteiger partial charge in [-0.05, 0) is 12.8 Å². The molecule has 1 nitrogen and oxygen atoms in total. The van der Waals surface area contributed by atoms with Gasteiger partial charge < -0.3 is 4.74 Å². The summed E-state index contributed by atoms with van der Waals surface area (Å²) in [7, 11) is 0. The molecular formula is C19H40O. The minimum atomic E-state index is 0.967. The molecule has 0 spiro atoms. The molecule has 0 fully saturated rings. The number of hydrogen-bond acceptors (Lipinski definition) is 1. The first kappa shape index (κ1) is 20.0. The van der Waals surface area contributed by atoms with Crippen molar-refractivity contribution < 1.29 is 4.74 Å². The Labute approximate surface area is 128 Å². The third-order valence-corrected chi connectivity index (χ3v) is 4.03. The average Bonchev–Trinajstić information content (AvgIpc) is 2.47. The Balaban J connectivity index is 2.89. The second-order valence-electron chi connectivity index (χ2n) is 6.21. The lowest BCUT2D eigenvalue weighted by atomic mass is 10.0. The van der Waals surface area contributed by atoms with E-state index in [0.717, 1.165) is 13.2 Å². The first-order chi connectivity index (χ1) is 9.91. The highest BCUT2D eigenvalue weighted by Crippen LogP contribution is 2.12. The van der Waals surface area contributed by atoms with Crippen LogP contribution in [0, 0.1) is 0 Å². The largest absolute Gasteiger partial charge is 0.381 e. The van der Waals surface area contributed by atoms with E-state index in [1.807, 2.05) is 0 Å². The van der Waals surface area contributed by atoms with Crippen LogP contribution in [0.25, 0.3) is 0 Å². The SMILES string of the molecule is CCCCCCCCCCCCCCCOCCCC. The average molecular weight is 285 g/mol. The fourth-order valence-corrected chi connectivity index (χ4v) is 2.57. The van der Waals surface area contributed by atoms with Gasteiger partial charge in [-0.3, -0.25) is 0 Å². The van der Waals surface area contributed by atoms with Crippen molar-refractivity contribution >= 4 is 0 Å². The fourth-order valence-electron chi connectivity index (χ4n) is 2.57. The molecule has 0 N–H and O–H groups in total. The zero-order chi connectivity index (χ0) is 14.7.